The van der Waals surface area contributed by atoms with Gasteiger partial charge in [-0.05, 0) is 29.0 Å². The van der Waals surface area contributed by atoms with Crippen LogP contribution in [0.2, 0.25) is 0 Å². The second-order valence-corrected chi connectivity index (χ2v) is 7.17. The van der Waals surface area contributed by atoms with Crippen molar-refractivity contribution < 1.29 is 5.11 Å². The van der Waals surface area contributed by atoms with E-state index in [-0.39, 0.29) is 17.3 Å². The molecule has 1 rings (SSSR count). The highest BCUT2D eigenvalue weighted by atomic mass is 32.2. The van der Waals surface area contributed by atoms with Gasteiger partial charge in [0, 0.05) is 10.1 Å². The molecule has 0 aliphatic heterocycles. The number of benzene rings is 1. The van der Waals surface area contributed by atoms with Crippen molar-refractivity contribution >= 4 is 11.8 Å². The number of hydrogen-bond acceptors (Lipinski definition) is 2. The highest BCUT2D eigenvalue weighted by Gasteiger charge is 2.15. The number of aliphatic hydroxyl groups is 1. The molecule has 1 aromatic carbocycles. The fourth-order valence-electron chi connectivity index (χ4n) is 1.59. The summed E-state index contributed by atoms with van der Waals surface area (Å²) >= 11 is 1.77. The Bertz CT molecular complexity index is 335. The first kappa shape index (κ1) is 14.6. The molecule has 1 unspecified atom stereocenters. The van der Waals surface area contributed by atoms with E-state index in [0.29, 0.717) is 5.92 Å². The van der Waals surface area contributed by atoms with Crippen molar-refractivity contribution in [3.8, 4) is 0 Å². The maximum absolute atomic E-state index is 9.32. The molecule has 0 aromatic heterocycles. The lowest BCUT2D eigenvalue weighted by atomic mass is 9.87. The molecule has 1 N–H and O–H groups in total. The molecular weight excluding hydrogens is 228 g/mol. The average Bonchev–Trinajstić information content (AvgIpc) is 2.25. The Hall–Kier alpha value is -0.470. The third-order valence-electron chi connectivity index (χ3n) is 2.93. The molecule has 0 heterocycles. The highest BCUT2D eigenvalue weighted by molar-refractivity contribution is 8.00. The summed E-state index contributed by atoms with van der Waals surface area (Å²) in [5, 5.41) is 9.61. The van der Waals surface area contributed by atoms with Gasteiger partial charge in [0.25, 0.3) is 0 Å². The third kappa shape index (κ3) is 4.36. The van der Waals surface area contributed by atoms with Gasteiger partial charge in [-0.3, -0.25) is 0 Å². The Morgan fingerprint density at radius 3 is 2.00 bits per heavy atom. The van der Waals surface area contributed by atoms with Gasteiger partial charge in [-0.2, -0.15) is 0 Å². The summed E-state index contributed by atoms with van der Waals surface area (Å²) in [5.74, 6) is 0.493. The lowest BCUT2D eigenvalue weighted by molar-refractivity contribution is 0.275. The Labute approximate surface area is 110 Å². The van der Waals surface area contributed by atoms with E-state index in [2.05, 4.69) is 58.9 Å². The molecule has 0 amide bonds. The molecule has 2 heteroatoms. The smallest absolute Gasteiger partial charge is 0.0556 e. The summed E-state index contributed by atoms with van der Waals surface area (Å²) in [6.07, 6.45) is 0. The van der Waals surface area contributed by atoms with Crippen LogP contribution in [0.15, 0.2) is 29.2 Å². The van der Waals surface area contributed by atoms with Gasteiger partial charge in [-0.25, -0.2) is 0 Å². The van der Waals surface area contributed by atoms with Gasteiger partial charge < -0.3 is 5.11 Å². The fourth-order valence-corrected chi connectivity index (χ4v) is 2.58. The van der Waals surface area contributed by atoms with E-state index >= 15 is 0 Å². The first-order valence-corrected chi connectivity index (χ1v) is 7.10. The molecule has 0 saturated heterocycles. The second kappa shape index (κ2) is 5.92. The van der Waals surface area contributed by atoms with Crippen LogP contribution in [0.3, 0.4) is 0 Å². The summed E-state index contributed by atoms with van der Waals surface area (Å²) in [4.78, 5) is 1.24. The summed E-state index contributed by atoms with van der Waals surface area (Å²) in [6.45, 7) is 11.2. The van der Waals surface area contributed by atoms with Gasteiger partial charge >= 0.3 is 0 Å². The molecule has 96 valence electrons. The molecule has 0 spiro atoms. The van der Waals surface area contributed by atoms with Crippen LogP contribution in [0.5, 0.6) is 0 Å². The van der Waals surface area contributed by atoms with Crippen LogP contribution in [0, 0.1) is 5.92 Å². The predicted molar refractivity (Wildman–Crippen MR) is 76.7 cm³/mol. The van der Waals surface area contributed by atoms with Crippen LogP contribution >= 0.6 is 11.8 Å². The quantitative estimate of drug-likeness (QED) is 0.814. The van der Waals surface area contributed by atoms with Gasteiger partial charge in [-0.1, -0.05) is 46.8 Å². The molecule has 17 heavy (non-hydrogen) atoms. The minimum absolute atomic E-state index is 0.206. The molecule has 0 aliphatic carbocycles. The maximum atomic E-state index is 9.32. The first-order valence-electron chi connectivity index (χ1n) is 6.22. The molecule has 0 saturated carbocycles. The Morgan fingerprint density at radius 2 is 1.65 bits per heavy atom. The zero-order chi connectivity index (χ0) is 13.1. The van der Waals surface area contributed by atoms with Crippen molar-refractivity contribution in [3.63, 3.8) is 0 Å². The monoisotopic (exact) mass is 252 g/mol. The highest BCUT2D eigenvalue weighted by Crippen LogP contribution is 2.30. The lowest BCUT2D eigenvalue weighted by Gasteiger charge is -2.21. The SMILES string of the molecule is CC(C)C(CO)Sc1ccc(C(C)(C)C)cc1. The molecule has 1 atom stereocenters. The van der Waals surface area contributed by atoms with Crippen LogP contribution in [-0.2, 0) is 5.41 Å². The molecule has 0 aliphatic rings. The second-order valence-electron chi connectivity index (χ2n) is 5.86. The van der Waals surface area contributed by atoms with E-state index in [1.165, 1.54) is 10.5 Å². The molecule has 0 radical (unpaired) electrons. The van der Waals surface area contributed by atoms with Gasteiger partial charge in [0.2, 0.25) is 0 Å². The Kier molecular flexibility index (Phi) is 5.08. The zero-order valence-corrected chi connectivity index (χ0v) is 12.3. The number of thioether (sulfide) groups is 1. The average molecular weight is 252 g/mol. The van der Waals surface area contributed by atoms with Crippen LogP contribution in [0.1, 0.15) is 40.2 Å². The third-order valence-corrected chi connectivity index (χ3v) is 4.47. The number of hydrogen-bond donors (Lipinski definition) is 1. The minimum atomic E-state index is 0.206. The van der Waals surface area contributed by atoms with E-state index in [1.807, 2.05) is 0 Å². The topological polar surface area (TPSA) is 20.2 Å². The van der Waals surface area contributed by atoms with Crippen LogP contribution in [0.25, 0.3) is 0 Å². The number of rotatable bonds is 4. The summed E-state index contributed by atoms with van der Waals surface area (Å²) in [5.41, 5.74) is 1.56. The van der Waals surface area contributed by atoms with E-state index in [4.69, 9.17) is 0 Å². The lowest BCUT2D eigenvalue weighted by Crippen LogP contribution is -2.15. The van der Waals surface area contributed by atoms with Gasteiger partial charge in [0.1, 0.15) is 0 Å². The van der Waals surface area contributed by atoms with E-state index in [1.54, 1.807) is 11.8 Å². The standard InChI is InChI=1S/C15H24OS/c1-11(2)14(10-16)17-13-8-6-12(7-9-13)15(3,4)5/h6-9,11,14,16H,10H2,1-5H3. The molecule has 1 nitrogen and oxygen atoms in total. The van der Waals surface area contributed by atoms with Crippen molar-refractivity contribution in [2.24, 2.45) is 5.92 Å². The minimum Gasteiger partial charge on any atom is -0.395 e. The fraction of sp³-hybridized carbons (Fsp3) is 0.600. The summed E-state index contributed by atoms with van der Waals surface area (Å²) < 4.78 is 0. The van der Waals surface area contributed by atoms with Crippen LogP contribution in [0.4, 0.5) is 0 Å². The zero-order valence-electron chi connectivity index (χ0n) is 11.5. The first-order chi connectivity index (χ1) is 7.84. The molecular formula is C15H24OS. The largest absolute Gasteiger partial charge is 0.395 e. The predicted octanol–water partition coefficient (Wildman–Crippen LogP) is 4.09. The summed E-state index contributed by atoms with van der Waals surface area (Å²) in [7, 11) is 0. The summed E-state index contributed by atoms with van der Waals surface area (Å²) in [6, 6.07) is 8.71. The Balaban J connectivity index is 2.75. The van der Waals surface area contributed by atoms with Crippen molar-refractivity contribution in [1.82, 2.24) is 0 Å². The Morgan fingerprint density at radius 1 is 1.12 bits per heavy atom. The van der Waals surface area contributed by atoms with Gasteiger partial charge in [0.15, 0.2) is 0 Å². The van der Waals surface area contributed by atoms with Crippen LogP contribution < -0.4 is 0 Å². The number of aliphatic hydroxyl groups excluding tert-OH is 1. The van der Waals surface area contributed by atoms with Crippen LogP contribution in [-0.4, -0.2) is 17.0 Å². The maximum Gasteiger partial charge on any atom is 0.0556 e. The molecule has 1 aromatic rings. The van der Waals surface area contributed by atoms with E-state index in [9.17, 15) is 5.11 Å². The van der Waals surface area contributed by atoms with Crippen molar-refractivity contribution in [1.29, 1.82) is 0 Å². The van der Waals surface area contributed by atoms with E-state index in [0.717, 1.165) is 0 Å². The molecule has 0 bridgehead atoms. The van der Waals surface area contributed by atoms with E-state index < -0.39 is 0 Å². The van der Waals surface area contributed by atoms with Gasteiger partial charge in [0.05, 0.1) is 6.61 Å². The van der Waals surface area contributed by atoms with Crippen molar-refractivity contribution in [3.05, 3.63) is 29.8 Å². The van der Waals surface area contributed by atoms with Gasteiger partial charge in [-0.15, -0.1) is 11.8 Å². The van der Waals surface area contributed by atoms with Crippen molar-refractivity contribution in [2.45, 2.75) is 50.2 Å². The normalized spacial score (nSPS) is 14.1. The van der Waals surface area contributed by atoms with Crippen molar-refractivity contribution in [2.75, 3.05) is 6.61 Å². The molecule has 0 fully saturated rings.